The average molecular weight is 251 g/mol. The van der Waals surface area contributed by atoms with Crippen LogP contribution in [-0.2, 0) is 4.79 Å². The van der Waals surface area contributed by atoms with Gasteiger partial charge in [0.25, 0.3) is 5.69 Å². The van der Waals surface area contributed by atoms with Crippen molar-refractivity contribution in [2.24, 2.45) is 5.73 Å². The summed E-state index contributed by atoms with van der Waals surface area (Å²) in [5.41, 5.74) is 5.99. The van der Waals surface area contributed by atoms with E-state index in [2.05, 4.69) is 5.32 Å². The highest BCUT2D eigenvalue weighted by Crippen LogP contribution is 2.25. The lowest BCUT2D eigenvalue weighted by Crippen LogP contribution is -2.36. The van der Waals surface area contributed by atoms with Crippen molar-refractivity contribution in [2.75, 3.05) is 5.32 Å². The molecule has 1 amide bonds. The van der Waals surface area contributed by atoms with Gasteiger partial charge in [0.1, 0.15) is 0 Å². The molecule has 0 saturated heterocycles. The lowest BCUT2D eigenvalue weighted by molar-refractivity contribution is -0.385. The number of anilines is 1. The molecule has 6 heteroatoms. The molecule has 1 aromatic rings. The number of rotatable bonds is 4. The van der Waals surface area contributed by atoms with Crippen LogP contribution in [0.3, 0.4) is 0 Å². The van der Waals surface area contributed by atoms with Gasteiger partial charge < -0.3 is 11.1 Å². The number of nitrogens with zero attached hydrogens (tertiary/aromatic N) is 1. The number of nitrogens with two attached hydrogens (primary N) is 1. The maximum atomic E-state index is 11.7. The number of benzene rings is 1. The average Bonchev–Trinajstić information content (AvgIpc) is 2.17. The zero-order valence-corrected chi connectivity index (χ0v) is 10.7. The molecule has 0 aromatic heterocycles. The molecule has 0 aliphatic rings. The first kappa shape index (κ1) is 14.1. The molecule has 1 aromatic carbocycles. The topological polar surface area (TPSA) is 98.3 Å². The van der Waals surface area contributed by atoms with Gasteiger partial charge in [0.05, 0.1) is 16.2 Å². The molecule has 6 nitrogen and oxygen atoms in total. The first-order chi connectivity index (χ1) is 8.20. The summed E-state index contributed by atoms with van der Waals surface area (Å²) in [6.07, 6.45) is 0.148. The number of carbonyl (C=O) groups is 1. The van der Waals surface area contributed by atoms with Gasteiger partial charge in [0.15, 0.2) is 0 Å². The predicted molar refractivity (Wildman–Crippen MR) is 69.3 cm³/mol. The van der Waals surface area contributed by atoms with Crippen molar-refractivity contribution in [3.05, 3.63) is 33.9 Å². The molecular weight excluding hydrogens is 234 g/mol. The molecule has 0 fully saturated rings. The Morgan fingerprint density at radius 2 is 2.11 bits per heavy atom. The van der Waals surface area contributed by atoms with Crippen molar-refractivity contribution in [1.29, 1.82) is 0 Å². The number of carbonyl (C=O) groups excluding carboxylic acids is 1. The summed E-state index contributed by atoms with van der Waals surface area (Å²) in [5.74, 6) is -0.258. The quantitative estimate of drug-likeness (QED) is 0.631. The van der Waals surface area contributed by atoms with Crippen LogP contribution in [0.25, 0.3) is 0 Å². The maximum Gasteiger partial charge on any atom is 0.274 e. The lowest BCUT2D eigenvalue weighted by atomic mass is 10.0. The minimum atomic E-state index is -0.612. The largest absolute Gasteiger partial charge is 0.326 e. The molecule has 0 heterocycles. The van der Waals surface area contributed by atoms with E-state index in [1.807, 2.05) is 0 Å². The minimum absolute atomic E-state index is 0.0141. The number of nitro benzene ring substituents is 1. The van der Waals surface area contributed by atoms with Crippen molar-refractivity contribution in [3.63, 3.8) is 0 Å². The third-order valence-electron chi connectivity index (χ3n) is 2.39. The predicted octanol–water partition coefficient (Wildman–Crippen LogP) is 1.97. The molecule has 1 rings (SSSR count). The maximum absolute atomic E-state index is 11.7. The molecule has 3 N–H and O–H groups in total. The van der Waals surface area contributed by atoms with Crippen LogP contribution in [0.1, 0.15) is 25.8 Å². The number of amides is 1. The number of nitrogens with one attached hydrogen (secondary N) is 1. The molecule has 0 bridgehead atoms. The Hall–Kier alpha value is -1.95. The van der Waals surface area contributed by atoms with Crippen LogP contribution in [-0.4, -0.2) is 16.4 Å². The van der Waals surface area contributed by atoms with E-state index in [0.717, 1.165) is 0 Å². The molecule has 0 aliphatic carbocycles. The second-order valence-corrected chi connectivity index (χ2v) is 4.92. The highest BCUT2D eigenvalue weighted by molar-refractivity contribution is 5.92. The summed E-state index contributed by atoms with van der Waals surface area (Å²) in [4.78, 5) is 22.0. The van der Waals surface area contributed by atoms with E-state index < -0.39 is 10.5 Å². The fourth-order valence-electron chi connectivity index (χ4n) is 1.56. The van der Waals surface area contributed by atoms with Gasteiger partial charge in [0.2, 0.25) is 5.91 Å². The monoisotopic (exact) mass is 251 g/mol. The van der Waals surface area contributed by atoms with Crippen molar-refractivity contribution >= 4 is 17.3 Å². The fourth-order valence-corrected chi connectivity index (χ4v) is 1.56. The Kier molecular flexibility index (Phi) is 4.03. The second-order valence-electron chi connectivity index (χ2n) is 4.92. The van der Waals surface area contributed by atoms with Crippen LogP contribution in [0.5, 0.6) is 0 Å². The van der Waals surface area contributed by atoms with E-state index in [0.29, 0.717) is 11.3 Å². The highest BCUT2D eigenvalue weighted by atomic mass is 16.6. The molecular formula is C12H17N3O3. The normalized spacial score (nSPS) is 11.1. The first-order valence-corrected chi connectivity index (χ1v) is 5.53. The van der Waals surface area contributed by atoms with E-state index in [1.165, 1.54) is 12.1 Å². The van der Waals surface area contributed by atoms with Crippen molar-refractivity contribution in [1.82, 2.24) is 0 Å². The molecule has 98 valence electrons. The number of hydrogen-bond donors (Lipinski definition) is 2. The molecule has 0 radical (unpaired) electrons. The Labute approximate surface area is 105 Å². The van der Waals surface area contributed by atoms with E-state index in [9.17, 15) is 14.9 Å². The van der Waals surface area contributed by atoms with Gasteiger partial charge in [-0.25, -0.2) is 0 Å². The van der Waals surface area contributed by atoms with Gasteiger partial charge in [0, 0.05) is 18.0 Å². The van der Waals surface area contributed by atoms with Gasteiger partial charge >= 0.3 is 0 Å². The van der Waals surface area contributed by atoms with Gasteiger partial charge in [-0.1, -0.05) is 6.07 Å². The number of nitro groups is 1. The van der Waals surface area contributed by atoms with E-state index in [1.54, 1.807) is 26.8 Å². The zero-order chi connectivity index (χ0) is 13.9. The van der Waals surface area contributed by atoms with Crippen LogP contribution < -0.4 is 11.1 Å². The summed E-state index contributed by atoms with van der Waals surface area (Å²) in [6.45, 7) is 5.08. The third-order valence-corrected chi connectivity index (χ3v) is 2.39. The first-order valence-electron chi connectivity index (χ1n) is 5.53. The van der Waals surface area contributed by atoms with Gasteiger partial charge in [-0.05, 0) is 26.8 Å². The van der Waals surface area contributed by atoms with Crippen LogP contribution in [0.15, 0.2) is 18.2 Å². The van der Waals surface area contributed by atoms with Crippen molar-refractivity contribution in [3.8, 4) is 0 Å². The van der Waals surface area contributed by atoms with Gasteiger partial charge in [-0.2, -0.15) is 0 Å². The Morgan fingerprint density at radius 1 is 1.50 bits per heavy atom. The van der Waals surface area contributed by atoms with Crippen molar-refractivity contribution in [2.45, 2.75) is 32.7 Å². The van der Waals surface area contributed by atoms with Crippen LogP contribution >= 0.6 is 0 Å². The molecule has 0 spiro atoms. The zero-order valence-electron chi connectivity index (χ0n) is 10.7. The lowest BCUT2D eigenvalue weighted by Gasteiger charge is -2.18. The third kappa shape index (κ3) is 3.81. The van der Waals surface area contributed by atoms with Crippen molar-refractivity contribution < 1.29 is 9.72 Å². The smallest absolute Gasteiger partial charge is 0.274 e. The summed E-state index contributed by atoms with van der Waals surface area (Å²) < 4.78 is 0. The summed E-state index contributed by atoms with van der Waals surface area (Å²) in [6, 6.07) is 4.57. The molecule has 18 heavy (non-hydrogen) atoms. The standard InChI is InChI=1S/C12H17N3O3/c1-8-9(5-4-6-10(8)15(17)18)14-11(16)7-12(2,3)13/h4-6H,7,13H2,1-3H3,(H,14,16). The molecule has 0 aliphatic heterocycles. The van der Waals surface area contributed by atoms with E-state index >= 15 is 0 Å². The van der Waals surface area contributed by atoms with E-state index in [4.69, 9.17) is 5.73 Å². The fraction of sp³-hybridized carbons (Fsp3) is 0.417. The van der Waals surface area contributed by atoms with Crippen LogP contribution in [0.4, 0.5) is 11.4 Å². The summed E-state index contributed by atoms with van der Waals surface area (Å²) in [7, 11) is 0. The van der Waals surface area contributed by atoms with E-state index in [-0.39, 0.29) is 18.0 Å². The highest BCUT2D eigenvalue weighted by Gasteiger charge is 2.19. The summed E-state index contributed by atoms with van der Waals surface area (Å²) in [5, 5.41) is 13.4. The Bertz CT molecular complexity index is 478. The SMILES string of the molecule is Cc1c(NC(=O)CC(C)(C)N)cccc1[N+](=O)[O-]. The Balaban J connectivity index is 2.89. The Morgan fingerprint density at radius 3 is 2.61 bits per heavy atom. The van der Waals surface area contributed by atoms with Gasteiger partial charge in [-0.3, -0.25) is 14.9 Å². The molecule has 0 saturated carbocycles. The van der Waals surface area contributed by atoms with Crippen LogP contribution in [0, 0.1) is 17.0 Å². The second kappa shape index (κ2) is 5.14. The minimum Gasteiger partial charge on any atom is -0.326 e. The van der Waals surface area contributed by atoms with Gasteiger partial charge in [-0.15, -0.1) is 0 Å². The van der Waals surface area contributed by atoms with Crippen LogP contribution in [0.2, 0.25) is 0 Å². The summed E-state index contributed by atoms with van der Waals surface area (Å²) >= 11 is 0. The molecule has 0 unspecified atom stereocenters. The molecule has 0 atom stereocenters. The number of hydrogen-bond acceptors (Lipinski definition) is 4.